The van der Waals surface area contributed by atoms with Gasteiger partial charge in [0.1, 0.15) is 5.82 Å². The summed E-state index contributed by atoms with van der Waals surface area (Å²) in [6.45, 7) is 0. The van der Waals surface area contributed by atoms with E-state index in [1.807, 2.05) is 5.43 Å². The second kappa shape index (κ2) is 3.12. The molecule has 0 amide bonds. The van der Waals surface area contributed by atoms with Gasteiger partial charge in [0.25, 0.3) is 0 Å². The molecule has 0 radical (unpaired) electrons. The van der Waals surface area contributed by atoms with Crippen molar-refractivity contribution in [3.8, 4) is 0 Å². The van der Waals surface area contributed by atoms with E-state index in [1.54, 1.807) is 6.07 Å². The van der Waals surface area contributed by atoms with Crippen molar-refractivity contribution in [1.82, 2.24) is 5.65 Å². The summed E-state index contributed by atoms with van der Waals surface area (Å²) in [5, 5.41) is 0. The average molecular weight is 144 g/mol. The van der Waals surface area contributed by atoms with Crippen LogP contribution in [0.3, 0.4) is 0 Å². The minimum Gasteiger partial charge on any atom is -0.292 e. The van der Waals surface area contributed by atoms with Gasteiger partial charge >= 0.3 is 0 Å². The largest absolute Gasteiger partial charge is 0.292 e. The van der Waals surface area contributed by atoms with Crippen LogP contribution < -0.4 is 11.1 Å². The molecule has 0 saturated heterocycles. The lowest BCUT2D eigenvalue weighted by Crippen LogP contribution is -2.10. The Morgan fingerprint density at radius 2 is 1.90 bits per heavy atom. The predicted octanol–water partition coefficient (Wildman–Crippen LogP) is 1.63. The van der Waals surface area contributed by atoms with Gasteiger partial charge in [-0.2, -0.15) is 0 Å². The Hall–Kier alpha value is -1.16. The number of nitrogens with one attached hydrogen (secondary N) is 2. The summed E-state index contributed by atoms with van der Waals surface area (Å²) in [7, 11) is 0. The van der Waals surface area contributed by atoms with Gasteiger partial charge in [-0.25, -0.2) is 4.39 Å². The van der Waals surface area contributed by atoms with Gasteiger partial charge in [-0.05, 0) is 12.1 Å². The van der Waals surface area contributed by atoms with Gasteiger partial charge in [-0.1, -0.05) is 17.8 Å². The molecule has 4 heteroatoms. The number of rotatable bonds is 2. The Labute approximate surface area is 56.8 Å². The fraction of sp³-hybridized carbons (Fsp3) is 0. The Kier molecular flexibility index (Phi) is 2.17. The van der Waals surface area contributed by atoms with Gasteiger partial charge < -0.3 is 0 Å². The molecule has 1 aromatic carbocycles. The number of benzene rings is 1. The molecule has 0 heterocycles. The lowest BCUT2D eigenvalue weighted by atomic mass is 10.3. The van der Waals surface area contributed by atoms with E-state index in [0.717, 1.165) is 5.65 Å². The Balaban J connectivity index is 2.81. The molecule has 0 atom stereocenters. The van der Waals surface area contributed by atoms with Gasteiger partial charge in [0.2, 0.25) is 0 Å². The van der Waals surface area contributed by atoms with Crippen LogP contribution in [0.4, 0.5) is 14.6 Å². The summed E-state index contributed by atoms with van der Waals surface area (Å²) in [5.74, 6) is -0.493. The molecule has 1 aromatic rings. The number of anilines is 1. The Morgan fingerprint density at radius 3 is 2.50 bits per heavy atom. The zero-order valence-electron chi connectivity index (χ0n) is 5.07. The van der Waals surface area contributed by atoms with Crippen LogP contribution in [0.5, 0.6) is 0 Å². The van der Waals surface area contributed by atoms with Gasteiger partial charge in [-0.15, -0.1) is 4.48 Å². The number of halogens is 2. The molecule has 2 nitrogen and oxygen atoms in total. The van der Waals surface area contributed by atoms with E-state index in [1.165, 1.54) is 18.2 Å². The van der Waals surface area contributed by atoms with E-state index < -0.39 is 5.82 Å². The first kappa shape index (κ1) is 6.95. The molecular weight excluding hydrogens is 138 g/mol. The van der Waals surface area contributed by atoms with Crippen LogP contribution >= 0.6 is 0 Å². The number of hydrogen-bond acceptors (Lipinski definition) is 2. The Bertz CT molecular complexity index is 215. The molecule has 10 heavy (non-hydrogen) atoms. The molecule has 0 spiro atoms. The molecule has 2 N–H and O–H groups in total. The van der Waals surface area contributed by atoms with E-state index >= 15 is 0 Å². The first-order chi connectivity index (χ1) is 4.84. The van der Waals surface area contributed by atoms with Gasteiger partial charge in [0.15, 0.2) is 0 Å². The summed E-state index contributed by atoms with van der Waals surface area (Å²) in [5.41, 5.74) is 3.21. The minimum atomic E-state index is -0.493. The lowest BCUT2D eigenvalue weighted by Gasteiger charge is -2.00. The zero-order chi connectivity index (χ0) is 7.40. The van der Waals surface area contributed by atoms with E-state index in [0.29, 0.717) is 0 Å². The molecule has 0 saturated carbocycles. The average Bonchev–Trinajstić information content (AvgIpc) is 1.94. The van der Waals surface area contributed by atoms with E-state index in [4.69, 9.17) is 0 Å². The van der Waals surface area contributed by atoms with Gasteiger partial charge in [0, 0.05) is 0 Å². The van der Waals surface area contributed by atoms with Crippen LogP contribution in [0.2, 0.25) is 0 Å². The topological polar surface area (TPSA) is 24.1 Å². The highest BCUT2D eigenvalue weighted by Crippen LogP contribution is 2.10. The number of para-hydroxylation sites is 1. The smallest absolute Gasteiger partial charge is 0.147 e. The molecule has 54 valence electrons. The summed E-state index contributed by atoms with van der Waals surface area (Å²) in [6, 6.07) is 5.78. The van der Waals surface area contributed by atoms with Crippen molar-refractivity contribution in [1.29, 1.82) is 0 Å². The first-order valence-electron chi connectivity index (χ1n) is 2.71. The summed E-state index contributed by atoms with van der Waals surface area (Å²) >= 11 is 0. The van der Waals surface area contributed by atoms with Crippen molar-refractivity contribution >= 4 is 5.69 Å². The second-order valence-corrected chi connectivity index (χ2v) is 1.70. The van der Waals surface area contributed by atoms with Crippen LogP contribution in [0.1, 0.15) is 0 Å². The second-order valence-electron chi connectivity index (χ2n) is 1.70. The molecule has 1 rings (SSSR count). The molecule has 0 fully saturated rings. The van der Waals surface area contributed by atoms with Crippen LogP contribution in [-0.2, 0) is 0 Å². The molecule has 0 aromatic heterocycles. The van der Waals surface area contributed by atoms with Crippen LogP contribution in [0, 0.1) is 5.82 Å². The molecule has 0 bridgehead atoms. The maximum absolute atomic E-state index is 12.5. The highest BCUT2D eigenvalue weighted by Gasteiger charge is 1.96. The fourth-order valence-electron chi connectivity index (χ4n) is 0.613. The summed E-state index contributed by atoms with van der Waals surface area (Å²) in [6.07, 6.45) is 0. The van der Waals surface area contributed by atoms with Gasteiger partial charge in [-0.3, -0.25) is 5.43 Å². The first-order valence-corrected chi connectivity index (χ1v) is 2.71. The standard InChI is InChI=1S/C6H6F2N2/c7-5-3-1-2-4-6(5)9-10-8/h1-4,9-10H. The maximum Gasteiger partial charge on any atom is 0.147 e. The normalized spacial score (nSPS) is 9.40. The third-order valence-corrected chi connectivity index (χ3v) is 1.06. The van der Waals surface area contributed by atoms with E-state index in [9.17, 15) is 8.87 Å². The SMILES string of the molecule is FNNc1ccccc1F. The third-order valence-electron chi connectivity index (χ3n) is 1.06. The quantitative estimate of drug-likeness (QED) is 0.487. The zero-order valence-corrected chi connectivity index (χ0v) is 5.07. The fourth-order valence-corrected chi connectivity index (χ4v) is 0.613. The highest BCUT2D eigenvalue weighted by atomic mass is 19.2. The summed E-state index contributed by atoms with van der Waals surface area (Å²) < 4.78 is 23.8. The minimum absolute atomic E-state index is 0.0880. The molecule has 0 aliphatic carbocycles. The van der Waals surface area contributed by atoms with Crippen LogP contribution in [-0.4, -0.2) is 0 Å². The predicted molar refractivity (Wildman–Crippen MR) is 34.3 cm³/mol. The van der Waals surface area contributed by atoms with Crippen LogP contribution in [0.25, 0.3) is 0 Å². The van der Waals surface area contributed by atoms with Crippen molar-refractivity contribution in [3.05, 3.63) is 30.1 Å². The van der Waals surface area contributed by atoms with Crippen molar-refractivity contribution in [2.45, 2.75) is 0 Å². The molecular formula is C6H6F2N2. The van der Waals surface area contributed by atoms with Crippen molar-refractivity contribution in [3.63, 3.8) is 0 Å². The molecule has 0 aliphatic rings. The van der Waals surface area contributed by atoms with E-state index in [-0.39, 0.29) is 5.69 Å². The number of hydrogen-bond donors (Lipinski definition) is 2. The monoisotopic (exact) mass is 144 g/mol. The van der Waals surface area contributed by atoms with Crippen molar-refractivity contribution < 1.29 is 8.87 Å². The van der Waals surface area contributed by atoms with Crippen LogP contribution in [0.15, 0.2) is 24.3 Å². The highest BCUT2D eigenvalue weighted by molar-refractivity contribution is 5.42. The van der Waals surface area contributed by atoms with Crippen molar-refractivity contribution in [2.75, 3.05) is 5.43 Å². The summed E-state index contributed by atoms with van der Waals surface area (Å²) in [4.78, 5) is 0. The van der Waals surface area contributed by atoms with E-state index in [2.05, 4.69) is 0 Å². The number of hydrazine groups is 1. The molecule has 0 aliphatic heterocycles. The maximum atomic E-state index is 12.5. The van der Waals surface area contributed by atoms with Crippen molar-refractivity contribution in [2.24, 2.45) is 0 Å². The third kappa shape index (κ3) is 1.41. The van der Waals surface area contributed by atoms with Gasteiger partial charge in [0.05, 0.1) is 5.69 Å². The lowest BCUT2D eigenvalue weighted by molar-refractivity contribution is 0.374. The molecule has 0 unspecified atom stereocenters. The Morgan fingerprint density at radius 1 is 1.20 bits per heavy atom.